The molecular formula is C24H44IN7O. The number of guanidine groups is 1. The van der Waals surface area contributed by atoms with E-state index >= 15 is 0 Å². The van der Waals surface area contributed by atoms with Gasteiger partial charge >= 0.3 is 0 Å². The van der Waals surface area contributed by atoms with Crippen LogP contribution >= 0.6 is 24.0 Å². The number of hydrogen-bond acceptors (Lipinski definition) is 4. The minimum atomic E-state index is 0. The van der Waals surface area contributed by atoms with E-state index in [0.29, 0.717) is 19.0 Å². The molecule has 188 valence electrons. The van der Waals surface area contributed by atoms with Crippen molar-refractivity contribution in [2.24, 2.45) is 12.0 Å². The molecule has 3 rings (SSSR count). The van der Waals surface area contributed by atoms with E-state index < -0.39 is 0 Å². The number of halogens is 1. The third-order valence-electron chi connectivity index (χ3n) is 6.74. The molecule has 33 heavy (non-hydrogen) atoms. The highest BCUT2D eigenvalue weighted by molar-refractivity contribution is 14.0. The maximum atomic E-state index is 12.7. The fourth-order valence-electron chi connectivity index (χ4n) is 4.88. The van der Waals surface area contributed by atoms with Gasteiger partial charge < -0.3 is 15.1 Å². The van der Waals surface area contributed by atoms with Gasteiger partial charge in [0.1, 0.15) is 0 Å². The second-order valence-electron chi connectivity index (χ2n) is 8.93. The molecule has 0 radical (unpaired) electrons. The number of carbonyl (C=O) groups is 1. The van der Waals surface area contributed by atoms with Gasteiger partial charge in [-0.2, -0.15) is 5.10 Å². The smallest absolute Gasteiger partial charge is 0.236 e. The van der Waals surface area contributed by atoms with Gasteiger partial charge in [0.2, 0.25) is 5.91 Å². The van der Waals surface area contributed by atoms with E-state index in [9.17, 15) is 4.79 Å². The predicted octanol–water partition coefficient (Wildman–Crippen LogP) is 2.65. The molecule has 2 fully saturated rings. The zero-order chi connectivity index (χ0) is 22.9. The first-order chi connectivity index (χ1) is 15.6. The Bertz CT molecular complexity index is 763. The van der Waals surface area contributed by atoms with Crippen molar-refractivity contribution in [2.45, 2.75) is 65.8 Å². The van der Waals surface area contributed by atoms with Crippen LogP contribution in [0.5, 0.6) is 0 Å². The van der Waals surface area contributed by atoms with Crippen molar-refractivity contribution in [3.05, 3.63) is 17.0 Å². The van der Waals surface area contributed by atoms with Crippen LogP contribution in [0.3, 0.4) is 0 Å². The average Bonchev–Trinajstić information content (AvgIpc) is 2.96. The van der Waals surface area contributed by atoms with Crippen molar-refractivity contribution in [1.82, 2.24) is 29.8 Å². The van der Waals surface area contributed by atoms with Gasteiger partial charge in [-0.1, -0.05) is 26.7 Å². The molecule has 0 aliphatic carbocycles. The van der Waals surface area contributed by atoms with Gasteiger partial charge in [0.05, 0.1) is 18.8 Å². The van der Waals surface area contributed by atoms with Gasteiger partial charge in [-0.25, -0.2) is 4.99 Å². The molecule has 3 heterocycles. The normalized spacial score (nSPS) is 18.1. The number of aliphatic imine (C=N–C) groups is 1. The number of likely N-dealkylation sites (tertiary alicyclic amines) is 1. The van der Waals surface area contributed by atoms with Crippen molar-refractivity contribution in [1.29, 1.82) is 0 Å². The van der Waals surface area contributed by atoms with E-state index in [0.717, 1.165) is 83.2 Å². The second kappa shape index (κ2) is 14.1. The van der Waals surface area contributed by atoms with Crippen LogP contribution in [0, 0.1) is 0 Å². The summed E-state index contributed by atoms with van der Waals surface area (Å²) in [5, 5.41) is 8.16. The van der Waals surface area contributed by atoms with Crippen molar-refractivity contribution < 1.29 is 4.79 Å². The van der Waals surface area contributed by atoms with Crippen LogP contribution in [-0.2, 0) is 31.2 Å². The molecule has 1 aromatic heterocycles. The standard InChI is InChI=1S/C24H43N7O.HI/c1-5-21-20(22(6-2)28(4)27-21)18-26-24(25-7-3)31-16-14-29(15-17-31)19-23(32)30-12-10-8-9-11-13-30;/h5-19H2,1-4H3,(H,25,26);1H. The van der Waals surface area contributed by atoms with Crippen LogP contribution < -0.4 is 5.32 Å². The van der Waals surface area contributed by atoms with Gasteiger partial charge in [0, 0.05) is 64.1 Å². The maximum absolute atomic E-state index is 12.7. The number of carbonyl (C=O) groups excluding carboxylic acids is 1. The fraction of sp³-hybridized carbons (Fsp3) is 0.792. The van der Waals surface area contributed by atoms with Crippen molar-refractivity contribution in [3.8, 4) is 0 Å². The number of piperazine rings is 1. The number of nitrogens with one attached hydrogen (secondary N) is 1. The Kier molecular flexibility index (Phi) is 11.9. The van der Waals surface area contributed by atoms with Crippen LogP contribution in [0.1, 0.15) is 63.4 Å². The molecule has 0 spiro atoms. The molecule has 0 aromatic carbocycles. The SMILES string of the molecule is CCNC(=NCc1c(CC)nn(C)c1CC)N1CCN(CC(=O)N2CCCCCC2)CC1.I. The molecule has 9 heteroatoms. The Morgan fingerprint density at radius 1 is 0.939 bits per heavy atom. The van der Waals surface area contributed by atoms with E-state index in [-0.39, 0.29) is 24.0 Å². The van der Waals surface area contributed by atoms with Crippen molar-refractivity contribution in [3.63, 3.8) is 0 Å². The molecule has 1 aromatic rings. The molecule has 0 atom stereocenters. The molecular weight excluding hydrogens is 529 g/mol. The monoisotopic (exact) mass is 573 g/mol. The van der Waals surface area contributed by atoms with Gasteiger partial charge in [-0.3, -0.25) is 14.4 Å². The summed E-state index contributed by atoms with van der Waals surface area (Å²) in [6.07, 6.45) is 6.71. The van der Waals surface area contributed by atoms with Crippen molar-refractivity contribution in [2.75, 3.05) is 52.4 Å². The second-order valence-corrected chi connectivity index (χ2v) is 8.93. The fourth-order valence-corrected chi connectivity index (χ4v) is 4.88. The molecule has 8 nitrogen and oxygen atoms in total. The van der Waals surface area contributed by atoms with E-state index in [1.165, 1.54) is 24.1 Å². The quantitative estimate of drug-likeness (QED) is 0.309. The summed E-state index contributed by atoms with van der Waals surface area (Å²) in [5.74, 6) is 1.27. The number of amides is 1. The van der Waals surface area contributed by atoms with Crippen LogP contribution in [0.15, 0.2) is 4.99 Å². The van der Waals surface area contributed by atoms with Crippen molar-refractivity contribution >= 4 is 35.8 Å². The molecule has 0 bridgehead atoms. The Hall–Kier alpha value is -1.36. The molecule has 1 N–H and O–H groups in total. The van der Waals surface area contributed by atoms with Crippen LogP contribution in [0.25, 0.3) is 0 Å². The third kappa shape index (κ3) is 7.56. The predicted molar refractivity (Wildman–Crippen MR) is 145 cm³/mol. The lowest BCUT2D eigenvalue weighted by molar-refractivity contribution is -0.132. The summed E-state index contributed by atoms with van der Waals surface area (Å²) >= 11 is 0. The summed E-state index contributed by atoms with van der Waals surface area (Å²) in [6, 6.07) is 0. The van der Waals surface area contributed by atoms with Gasteiger partial charge in [-0.15, -0.1) is 24.0 Å². The highest BCUT2D eigenvalue weighted by Gasteiger charge is 2.24. The van der Waals surface area contributed by atoms with E-state index in [1.807, 2.05) is 11.7 Å². The van der Waals surface area contributed by atoms with Gasteiger partial charge in [-0.05, 0) is 32.6 Å². The molecule has 0 saturated carbocycles. The Morgan fingerprint density at radius 2 is 1.61 bits per heavy atom. The lowest BCUT2D eigenvalue weighted by Gasteiger charge is -2.37. The lowest BCUT2D eigenvalue weighted by atomic mass is 10.1. The first kappa shape index (κ1) is 27.9. The zero-order valence-corrected chi connectivity index (χ0v) is 23.4. The molecule has 2 aliphatic rings. The molecule has 0 unspecified atom stereocenters. The van der Waals surface area contributed by atoms with Gasteiger partial charge in [0.15, 0.2) is 5.96 Å². The summed E-state index contributed by atoms with van der Waals surface area (Å²) < 4.78 is 2.01. The van der Waals surface area contributed by atoms with E-state index in [2.05, 4.69) is 45.9 Å². The Balaban J connectivity index is 0.00000385. The summed E-state index contributed by atoms with van der Waals surface area (Å²) in [7, 11) is 2.03. The Morgan fingerprint density at radius 3 is 2.18 bits per heavy atom. The number of rotatable bonds is 7. The average molecular weight is 574 g/mol. The zero-order valence-electron chi connectivity index (χ0n) is 21.1. The van der Waals surface area contributed by atoms with Crippen LogP contribution in [0.2, 0.25) is 0 Å². The van der Waals surface area contributed by atoms with E-state index in [4.69, 9.17) is 4.99 Å². The molecule has 2 saturated heterocycles. The van der Waals surface area contributed by atoms with Gasteiger partial charge in [0.25, 0.3) is 0 Å². The summed E-state index contributed by atoms with van der Waals surface area (Å²) in [4.78, 5) is 24.5. The van der Waals surface area contributed by atoms with Crippen LogP contribution in [-0.4, -0.2) is 88.7 Å². The summed E-state index contributed by atoms with van der Waals surface area (Å²) in [5.41, 5.74) is 3.70. The minimum absolute atomic E-state index is 0. The topological polar surface area (TPSA) is 69.0 Å². The first-order valence-corrected chi connectivity index (χ1v) is 12.6. The van der Waals surface area contributed by atoms with Crippen LogP contribution in [0.4, 0.5) is 0 Å². The summed E-state index contributed by atoms with van der Waals surface area (Å²) in [6.45, 7) is 14.0. The number of aromatic nitrogens is 2. The molecule has 2 aliphatic heterocycles. The maximum Gasteiger partial charge on any atom is 0.236 e. The highest BCUT2D eigenvalue weighted by atomic mass is 127. The first-order valence-electron chi connectivity index (χ1n) is 12.6. The number of nitrogens with zero attached hydrogens (tertiary/aromatic N) is 6. The number of hydrogen-bond donors (Lipinski definition) is 1. The Labute approximate surface area is 217 Å². The largest absolute Gasteiger partial charge is 0.357 e. The molecule has 1 amide bonds. The number of aryl methyl sites for hydroxylation is 2. The van der Waals surface area contributed by atoms with E-state index in [1.54, 1.807) is 0 Å². The minimum Gasteiger partial charge on any atom is -0.357 e. The lowest BCUT2D eigenvalue weighted by Crippen LogP contribution is -2.54. The third-order valence-corrected chi connectivity index (χ3v) is 6.74. The highest BCUT2D eigenvalue weighted by Crippen LogP contribution is 2.17.